The lowest BCUT2D eigenvalue weighted by atomic mass is 10.1. The van der Waals surface area contributed by atoms with Gasteiger partial charge in [-0.05, 0) is 31.2 Å². The Morgan fingerprint density at radius 3 is 2.58 bits per heavy atom. The highest BCUT2D eigenvalue weighted by Crippen LogP contribution is 2.32. The molecule has 0 spiro atoms. The summed E-state index contributed by atoms with van der Waals surface area (Å²) in [7, 11) is 0. The van der Waals surface area contributed by atoms with E-state index in [4.69, 9.17) is 4.74 Å². The lowest BCUT2D eigenvalue weighted by Crippen LogP contribution is -2.17. The third-order valence-electron chi connectivity index (χ3n) is 3.73. The smallest absolute Gasteiger partial charge is 0.416 e. The highest BCUT2D eigenvalue weighted by Gasteiger charge is 2.30. The van der Waals surface area contributed by atoms with Gasteiger partial charge in [-0.3, -0.25) is 9.20 Å². The molecule has 0 saturated heterocycles. The van der Waals surface area contributed by atoms with Crippen LogP contribution < -0.4 is 5.32 Å². The zero-order valence-corrected chi connectivity index (χ0v) is 13.9. The lowest BCUT2D eigenvalue weighted by molar-refractivity contribution is -0.141. The van der Waals surface area contributed by atoms with Gasteiger partial charge in [0.05, 0.1) is 23.4 Å². The average molecular weight is 363 g/mol. The lowest BCUT2D eigenvalue weighted by Gasteiger charge is -2.06. The minimum absolute atomic E-state index is 0.0612. The molecule has 1 aromatic carbocycles. The SMILES string of the molecule is CCOC(=O)CNc1nc(-c2ccc(C(F)(F)F)cc2)c2ccccn12. The molecule has 136 valence electrons. The molecule has 0 amide bonds. The molecule has 1 N–H and O–H groups in total. The van der Waals surface area contributed by atoms with E-state index in [2.05, 4.69) is 10.3 Å². The summed E-state index contributed by atoms with van der Waals surface area (Å²) < 4.78 is 44.8. The quantitative estimate of drug-likeness (QED) is 0.697. The summed E-state index contributed by atoms with van der Waals surface area (Å²) in [5.74, 6) is -0.0141. The van der Waals surface area contributed by atoms with Gasteiger partial charge in [0.15, 0.2) is 0 Å². The minimum Gasteiger partial charge on any atom is -0.465 e. The van der Waals surface area contributed by atoms with Crippen molar-refractivity contribution in [1.29, 1.82) is 0 Å². The molecule has 26 heavy (non-hydrogen) atoms. The molecular formula is C18H16F3N3O2. The molecule has 8 heteroatoms. The van der Waals surface area contributed by atoms with Crippen molar-refractivity contribution in [3.8, 4) is 11.3 Å². The largest absolute Gasteiger partial charge is 0.465 e. The molecule has 0 atom stereocenters. The van der Waals surface area contributed by atoms with E-state index in [1.807, 2.05) is 0 Å². The number of alkyl halides is 3. The molecule has 3 rings (SSSR count). The summed E-state index contributed by atoms with van der Waals surface area (Å²) in [6.07, 6.45) is -2.63. The van der Waals surface area contributed by atoms with Gasteiger partial charge in [-0.1, -0.05) is 18.2 Å². The predicted molar refractivity (Wildman–Crippen MR) is 90.8 cm³/mol. The molecular weight excluding hydrogens is 347 g/mol. The van der Waals surface area contributed by atoms with Crippen LogP contribution in [0.5, 0.6) is 0 Å². The van der Waals surface area contributed by atoms with Crippen molar-refractivity contribution in [1.82, 2.24) is 9.38 Å². The minimum atomic E-state index is -4.39. The number of imidazole rings is 1. The van der Waals surface area contributed by atoms with E-state index in [-0.39, 0.29) is 13.2 Å². The highest BCUT2D eigenvalue weighted by atomic mass is 19.4. The number of carbonyl (C=O) groups excluding carboxylic acids is 1. The fourth-order valence-corrected chi connectivity index (χ4v) is 2.56. The van der Waals surface area contributed by atoms with E-state index < -0.39 is 17.7 Å². The predicted octanol–water partition coefficient (Wildman–Crippen LogP) is 4.00. The summed E-state index contributed by atoms with van der Waals surface area (Å²) in [6.45, 7) is 1.93. The second-order valence-electron chi connectivity index (χ2n) is 5.47. The maximum Gasteiger partial charge on any atom is 0.416 e. The molecule has 2 aromatic heterocycles. The number of rotatable bonds is 5. The van der Waals surface area contributed by atoms with Crippen LogP contribution in [0.25, 0.3) is 16.8 Å². The maximum atomic E-state index is 12.7. The molecule has 0 aliphatic carbocycles. The van der Waals surface area contributed by atoms with Crippen LogP contribution in [0.1, 0.15) is 12.5 Å². The van der Waals surface area contributed by atoms with Crippen molar-refractivity contribution in [3.05, 3.63) is 54.2 Å². The van der Waals surface area contributed by atoms with Gasteiger partial charge >= 0.3 is 12.1 Å². The van der Waals surface area contributed by atoms with E-state index in [0.29, 0.717) is 22.7 Å². The summed E-state index contributed by atoms with van der Waals surface area (Å²) in [5.41, 5.74) is 1.06. The monoisotopic (exact) mass is 363 g/mol. The zero-order valence-electron chi connectivity index (χ0n) is 13.9. The first kappa shape index (κ1) is 17.8. The number of ether oxygens (including phenoxy) is 1. The van der Waals surface area contributed by atoms with E-state index in [9.17, 15) is 18.0 Å². The maximum absolute atomic E-state index is 12.7. The zero-order chi connectivity index (χ0) is 18.7. The number of hydrogen-bond donors (Lipinski definition) is 1. The number of carbonyl (C=O) groups is 1. The van der Waals surface area contributed by atoms with Gasteiger partial charge in [-0.15, -0.1) is 0 Å². The number of nitrogens with zero attached hydrogens (tertiary/aromatic N) is 2. The Morgan fingerprint density at radius 1 is 1.19 bits per heavy atom. The number of esters is 1. The first-order valence-electron chi connectivity index (χ1n) is 7.94. The van der Waals surface area contributed by atoms with Crippen LogP contribution in [0.4, 0.5) is 19.1 Å². The Labute approximate surface area is 147 Å². The van der Waals surface area contributed by atoms with Gasteiger partial charge in [-0.25, -0.2) is 4.98 Å². The summed E-state index contributed by atoms with van der Waals surface area (Å²) in [4.78, 5) is 16.0. The Morgan fingerprint density at radius 2 is 1.92 bits per heavy atom. The van der Waals surface area contributed by atoms with Crippen molar-refractivity contribution >= 4 is 17.4 Å². The van der Waals surface area contributed by atoms with Gasteiger partial charge in [0.25, 0.3) is 0 Å². The Hall–Kier alpha value is -3.03. The van der Waals surface area contributed by atoms with Crippen LogP contribution in [0.3, 0.4) is 0 Å². The fourth-order valence-electron chi connectivity index (χ4n) is 2.56. The number of fused-ring (bicyclic) bond motifs is 1. The van der Waals surface area contributed by atoms with Crippen molar-refractivity contribution in [2.75, 3.05) is 18.5 Å². The highest BCUT2D eigenvalue weighted by molar-refractivity contribution is 5.81. The molecule has 3 aromatic rings. The Kier molecular flexibility index (Phi) is 4.83. The number of halogens is 3. The Bertz CT molecular complexity index is 918. The molecule has 0 fully saturated rings. The van der Waals surface area contributed by atoms with Gasteiger partial charge in [0.2, 0.25) is 5.95 Å². The van der Waals surface area contributed by atoms with Gasteiger partial charge in [-0.2, -0.15) is 13.2 Å². The van der Waals surface area contributed by atoms with Crippen molar-refractivity contribution in [3.63, 3.8) is 0 Å². The summed E-state index contributed by atoms with van der Waals surface area (Å²) in [6, 6.07) is 10.2. The second kappa shape index (κ2) is 7.07. The van der Waals surface area contributed by atoms with Crippen LogP contribution in [0, 0.1) is 0 Å². The summed E-state index contributed by atoms with van der Waals surface area (Å²) >= 11 is 0. The van der Waals surface area contributed by atoms with Crippen LogP contribution >= 0.6 is 0 Å². The number of aromatic nitrogens is 2. The normalized spacial score (nSPS) is 11.5. The van der Waals surface area contributed by atoms with Gasteiger partial charge in [0, 0.05) is 11.8 Å². The van der Waals surface area contributed by atoms with E-state index >= 15 is 0 Å². The first-order chi connectivity index (χ1) is 12.4. The number of nitrogens with one attached hydrogen (secondary N) is 1. The van der Waals surface area contributed by atoms with Crippen LogP contribution in [0.15, 0.2) is 48.7 Å². The van der Waals surface area contributed by atoms with E-state index in [1.54, 1.807) is 35.7 Å². The topological polar surface area (TPSA) is 55.6 Å². The molecule has 0 saturated carbocycles. The molecule has 0 aliphatic rings. The first-order valence-corrected chi connectivity index (χ1v) is 7.94. The molecule has 5 nitrogen and oxygen atoms in total. The standard InChI is InChI=1S/C18H16F3N3O2/c1-2-26-15(25)11-22-17-23-16(14-5-3-4-10-24(14)17)12-6-8-13(9-7-12)18(19,20)21/h3-10H,2,11H2,1H3,(H,22,23). The van der Waals surface area contributed by atoms with E-state index in [1.165, 1.54) is 12.1 Å². The molecule has 0 radical (unpaired) electrons. The van der Waals surface area contributed by atoms with Crippen molar-refractivity contribution in [2.24, 2.45) is 0 Å². The van der Waals surface area contributed by atoms with Crippen LogP contribution in [0.2, 0.25) is 0 Å². The summed E-state index contributed by atoms with van der Waals surface area (Å²) in [5, 5.41) is 2.90. The average Bonchev–Trinajstić information content (AvgIpc) is 2.98. The van der Waals surface area contributed by atoms with Crippen LogP contribution in [-0.2, 0) is 15.7 Å². The Balaban J connectivity index is 1.95. The fraction of sp³-hybridized carbons (Fsp3) is 0.222. The molecule has 0 aliphatic heterocycles. The van der Waals surface area contributed by atoms with Crippen LogP contribution in [-0.4, -0.2) is 28.5 Å². The molecule has 0 unspecified atom stereocenters. The van der Waals surface area contributed by atoms with Gasteiger partial charge in [0.1, 0.15) is 6.54 Å². The number of benzene rings is 1. The second-order valence-corrected chi connectivity index (χ2v) is 5.47. The molecule has 0 bridgehead atoms. The number of hydrogen-bond acceptors (Lipinski definition) is 4. The van der Waals surface area contributed by atoms with Crippen molar-refractivity contribution in [2.45, 2.75) is 13.1 Å². The van der Waals surface area contributed by atoms with Crippen molar-refractivity contribution < 1.29 is 22.7 Å². The van der Waals surface area contributed by atoms with E-state index in [0.717, 1.165) is 12.1 Å². The van der Waals surface area contributed by atoms with Gasteiger partial charge < -0.3 is 10.1 Å². The molecule has 2 heterocycles. The number of anilines is 1. The third kappa shape index (κ3) is 3.63. The third-order valence-corrected chi connectivity index (χ3v) is 3.73. The number of pyridine rings is 1.